The average Bonchev–Trinajstić information content (AvgIpc) is 2.36. The Morgan fingerprint density at radius 1 is 1.44 bits per heavy atom. The van der Waals surface area contributed by atoms with E-state index in [9.17, 15) is 4.79 Å². The van der Waals surface area contributed by atoms with Gasteiger partial charge >= 0.3 is 0 Å². The third-order valence-corrected chi connectivity index (χ3v) is 4.27. The molecule has 2 N–H and O–H groups in total. The van der Waals surface area contributed by atoms with Crippen molar-refractivity contribution in [2.45, 2.75) is 32.9 Å². The van der Waals surface area contributed by atoms with Crippen LogP contribution in [0.1, 0.15) is 25.0 Å². The molecule has 1 aromatic rings. The van der Waals surface area contributed by atoms with E-state index in [1.165, 1.54) is 11.1 Å². The first kappa shape index (κ1) is 13.6. The molecule has 1 aliphatic heterocycles. The van der Waals surface area contributed by atoms with E-state index < -0.39 is 6.04 Å². The highest BCUT2D eigenvalue weighted by Gasteiger charge is 2.27. The molecule has 2 rings (SSSR count). The van der Waals surface area contributed by atoms with E-state index >= 15 is 0 Å². The van der Waals surface area contributed by atoms with Gasteiger partial charge in [-0.15, -0.1) is 0 Å². The van der Waals surface area contributed by atoms with Gasteiger partial charge in [0.1, 0.15) is 0 Å². The fourth-order valence-corrected chi connectivity index (χ4v) is 2.85. The Kier molecular flexibility index (Phi) is 4.07. The molecule has 1 aliphatic rings. The lowest BCUT2D eigenvalue weighted by molar-refractivity contribution is -0.134. The van der Waals surface area contributed by atoms with Gasteiger partial charge in [-0.05, 0) is 29.5 Å². The molecule has 0 saturated heterocycles. The van der Waals surface area contributed by atoms with Crippen LogP contribution in [-0.2, 0) is 17.8 Å². The molecular formula is C14H19BrN2O. The Labute approximate surface area is 116 Å². The van der Waals surface area contributed by atoms with Crippen LogP contribution in [0.25, 0.3) is 0 Å². The molecule has 0 saturated carbocycles. The number of carbonyl (C=O) groups excluding carboxylic acids is 1. The van der Waals surface area contributed by atoms with Crippen LogP contribution in [0.2, 0.25) is 0 Å². The molecule has 0 aromatic heterocycles. The molecule has 1 aromatic carbocycles. The van der Waals surface area contributed by atoms with Crippen molar-refractivity contribution in [1.29, 1.82) is 0 Å². The van der Waals surface area contributed by atoms with E-state index in [1.807, 2.05) is 24.8 Å². The molecule has 0 spiro atoms. The Morgan fingerprint density at radius 3 is 2.83 bits per heavy atom. The topological polar surface area (TPSA) is 46.3 Å². The Morgan fingerprint density at radius 2 is 2.17 bits per heavy atom. The van der Waals surface area contributed by atoms with Crippen LogP contribution in [0.15, 0.2) is 22.7 Å². The zero-order chi connectivity index (χ0) is 13.3. The lowest BCUT2D eigenvalue weighted by atomic mass is 9.97. The molecule has 0 radical (unpaired) electrons. The number of amides is 1. The third kappa shape index (κ3) is 2.59. The monoisotopic (exact) mass is 310 g/mol. The van der Waals surface area contributed by atoms with Crippen LogP contribution >= 0.6 is 15.9 Å². The summed E-state index contributed by atoms with van der Waals surface area (Å²) in [6.45, 7) is 5.40. The van der Waals surface area contributed by atoms with Crippen molar-refractivity contribution in [3.05, 3.63) is 33.8 Å². The van der Waals surface area contributed by atoms with E-state index in [0.717, 1.165) is 17.4 Å². The van der Waals surface area contributed by atoms with Crippen LogP contribution < -0.4 is 5.73 Å². The van der Waals surface area contributed by atoms with Gasteiger partial charge in [0.15, 0.2) is 0 Å². The second-order valence-electron chi connectivity index (χ2n) is 5.16. The predicted octanol–water partition coefficient (Wildman–Crippen LogP) is 2.32. The maximum absolute atomic E-state index is 12.2. The summed E-state index contributed by atoms with van der Waals surface area (Å²) in [6.07, 6.45) is 0.896. The summed E-state index contributed by atoms with van der Waals surface area (Å²) >= 11 is 3.56. The third-order valence-electron chi connectivity index (χ3n) is 3.52. The van der Waals surface area contributed by atoms with Gasteiger partial charge in [0, 0.05) is 17.6 Å². The largest absolute Gasteiger partial charge is 0.337 e. The normalized spacial score (nSPS) is 16.6. The van der Waals surface area contributed by atoms with Crippen molar-refractivity contribution in [2.75, 3.05) is 6.54 Å². The highest BCUT2D eigenvalue weighted by atomic mass is 79.9. The minimum Gasteiger partial charge on any atom is -0.337 e. The van der Waals surface area contributed by atoms with E-state index in [1.54, 1.807) is 0 Å². The van der Waals surface area contributed by atoms with E-state index in [0.29, 0.717) is 6.54 Å². The van der Waals surface area contributed by atoms with E-state index in [-0.39, 0.29) is 11.8 Å². The maximum atomic E-state index is 12.2. The van der Waals surface area contributed by atoms with Crippen LogP contribution in [-0.4, -0.2) is 23.4 Å². The Hall–Kier alpha value is -0.870. The summed E-state index contributed by atoms with van der Waals surface area (Å²) in [5.74, 6) is 0.247. The van der Waals surface area contributed by atoms with Gasteiger partial charge in [0.2, 0.25) is 5.91 Å². The lowest BCUT2D eigenvalue weighted by Crippen LogP contribution is -2.48. The molecule has 0 fully saturated rings. The summed E-state index contributed by atoms with van der Waals surface area (Å²) in [7, 11) is 0. The van der Waals surface area contributed by atoms with Crippen LogP contribution in [0.3, 0.4) is 0 Å². The summed E-state index contributed by atoms with van der Waals surface area (Å²) in [6, 6.07) is 5.76. The number of hydrogen-bond donors (Lipinski definition) is 1. The number of rotatable bonds is 2. The van der Waals surface area contributed by atoms with Crippen LogP contribution in [0.5, 0.6) is 0 Å². The number of hydrogen-bond acceptors (Lipinski definition) is 2. The van der Waals surface area contributed by atoms with Crippen molar-refractivity contribution >= 4 is 21.8 Å². The van der Waals surface area contributed by atoms with Crippen molar-refractivity contribution in [2.24, 2.45) is 11.7 Å². The molecule has 1 heterocycles. The highest BCUT2D eigenvalue weighted by molar-refractivity contribution is 9.10. The first-order valence-electron chi connectivity index (χ1n) is 6.31. The number of nitrogens with two attached hydrogens (primary N) is 1. The maximum Gasteiger partial charge on any atom is 0.240 e. The number of nitrogens with zero attached hydrogens (tertiary/aromatic N) is 1. The molecule has 18 heavy (non-hydrogen) atoms. The van der Waals surface area contributed by atoms with Crippen molar-refractivity contribution in [1.82, 2.24) is 4.90 Å². The average molecular weight is 311 g/mol. The number of halogens is 1. The van der Waals surface area contributed by atoms with E-state index in [4.69, 9.17) is 5.73 Å². The van der Waals surface area contributed by atoms with Gasteiger partial charge in [-0.2, -0.15) is 0 Å². The zero-order valence-electron chi connectivity index (χ0n) is 10.8. The van der Waals surface area contributed by atoms with E-state index in [2.05, 4.69) is 28.1 Å². The predicted molar refractivity (Wildman–Crippen MR) is 76.1 cm³/mol. The molecule has 1 amide bonds. The zero-order valence-corrected chi connectivity index (χ0v) is 12.4. The summed E-state index contributed by atoms with van der Waals surface area (Å²) in [4.78, 5) is 14.1. The van der Waals surface area contributed by atoms with Crippen molar-refractivity contribution in [3.8, 4) is 0 Å². The molecule has 1 atom stereocenters. The van der Waals surface area contributed by atoms with Gasteiger partial charge in [0.25, 0.3) is 0 Å². The molecule has 98 valence electrons. The molecule has 0 bridgehead atoms. The quantitative estimate of drug-likeness (QED) is 0.911. The summed E-state index contributed by atoms with van der Waals surface area (Å²) in [5, 5.41) is 0. The second-order valence-corrected chi connectivity index (χ2v) is 6.01. The smallest absolute Gasteiger partial charge is 0.240 e. The standard InChI is InChI=1S/C14H19BrN2O/c1-9(2)13(16)14(18)17-7-6-11-10(8-17)4-3-5-12(11)15/h3-5,9,13H,6-8,16H2,1-2H3/t13-/m0/s1. The van der Waals surface area contributed by atoms with Gasteiger partial charge in [-0.3, -0.25) is 4.79 Å². The number of benzene rings is 1. The van der Waals surface area contributed by atoms with Gasteiger partial charge in [-0.1, -0.05) is 41.9 Å². The SMILES string of the molecule is CC(C)[C@H](N)C(=O)N1CCc2c(Br)cccc2C1. The van der Waals surface area contributed by atoms with Crippen LogP contribution in [0.4, 0.5) is 0 Å². The van der Waals surface area contributed by atoms with Crippen molar-refractivity contribution < 1.29 is 4.79 Å². The fraction of sp³-hybridized carbons (Fsp3) is 0.500. The van der Waals surface area contributed by atoms with Gasteiger partial charge < -0.3 is 10.6 Å². The molecule has 3 nitrogen and oxygen atoms in total. The van der Waals surface area contributed by atoms with Gasteiger partial charge in [-0.25, -0.2) is 0 Å². The molecule has 0 aliphatic carbocycles. The first-order valence-corrected chi connectivity index (χ1v) is 7.10. The van der Waals surface area contributed by atoms with Crippen molar-refractivity contribution in [3.63, 3.8) is 0 Å². The summed E-state index contributed by atoms with van der Waals surface area (Å²) < 4.78 is 1.14. The number of fused-ring (bicyclic) bond motifs is 1. The fourth-order valence-electron chi connectivity index (χ4n) is 2.25. The number of carbonyl (C=O) groups is 1. The first-order chi connectivity index (χ1) is 8.50. The Bertz CT molecular complexity index is 459. The minimum atomic E-state index is -0.390. The lowest BCUT2D eigenvalue weighted by Gasteiger charge is -2.32. The molecule has 4 heteroatoms. The Balaban J connectivity index is 2.15. The minimum absolute atomic E-state index is 0.0654. The molecule has 0 unspecified atom stereocenters. The summed E-state index contributed by atoms with van der Waals surface area (Å²) in [5.41, 5.74) is 8.48. The highest BCUT2D eigenvalue weighted by Crippen LogP contribution is 2.26. The van der Waals surface area contributed by atoms with Gasteiger partial charge in [0.05, 0.1) is 6.04 Å². The second kappa shape index (κ2) is 5.41. The van der Waals surface area contributed by atoms with Crippen LogP contribution in [0, 0.1) is 5.92 Å². The molecular weight excluding hydrogens is 292 g/mol.